The van der Waals surface area contributed by atoms with E-state index in [1.807, 2.05) is 0 Å². The van der Waals surface area contributed by atoms with Crippen LogP contribution in [-0.4, -0.2) is 21.8 Å². The Labute approximate surface area is 153 Å². The molecule has 0 saturated heterocycles. The third-order valence-electron chi connectivity index (χ3n) is 2.38. The number of aryl methyl sites for hydroxylation is 3. The van der Waals surface area contributed by atoms with E-state index in [1.54, 1.807) is 37.6 Å². The van der Waals surface area contributed by atoms with Crippen LogP contribution >= 0.6 is 0 Å². The molecule has 102 valence electrons. The van der Waals surface area contributed by atoms with Gasteiger partial charge in [-0.15, -0.1) is 0 Å². The first-order chi connectivity index (χ1) is 8.03. The summed E-state index contributed by atoms with van der Waals surface area (Å²) in [6, 6.07) is 3.25. The molecule has 9 heteroatoms. The molecule has 0 saturated carbocycles. The van der Waals surface area contributed by atoms with Crippen LogP contribution in [0.2, 0.25) is 0 Å². The molecule has 0 atom stereocenters. The van der Waals surface area contributed by atoms with Gasteiger partial charge in [0.25, 0.3) is 0 Å². The van der Waals surface area contributed by atoms with E-state index in [0.717, 1.165) is 5.56 Å². The standard InChI is InChI=1S/C10H14BF3NO2S.K/c1-7-4-8(2)10(9(3)5-7)18(16,17)15-6-11(12,13)14;/h4-5,15H,6H2,1-3H3;/q-1;+1. The van der Waals surface area contributed by atoms with Gasteiger partial charge >= 0.3 is 58.4 Å². The minimum absolute atomic E-state index is 0. The van der Waals surface area contributed by atoms with Crippen molar-refractivity contribution in [2.45, 2.75) is 25.7 Å². The van der Waals surface area contributed by atoms with Crippen molar-refractivity contribution in [1.82, 2.24) is 4.72 Å². The molecule has 1 N–H and O–H groups in total. The van der Waals surface area contributed by atoms with Crippen LogP contribution in [0.15, 0.2) is 17.0 Å². The molecule has 0 spiro atoms. The summed E-state index contributed by atoms with van der Waals surface area (Å²) in [7, 11) is -4.13. The van der Waals surface area contributed by atoms with Crippen LogP contribution in [-0.2, 0) is 10.0 Å². The minimum Gasteiger partial charge on any atom is -0.448 e. The molecule has 0 aliphatic rings. The van der Waals surface area contributed by atoms with Gasteiger partial charge in [-0.1, -0.05) is 17.7 Å². The Morgan fingerprint density at radius 2 is 1.53 bits per heavy atom. The molecule has 1 rings (SSSR count). The molecule has 1 aromatic rings. The van der Waals surface area contributed by atoms with Crippen LogP contribution in [0.5, 0.6) is 0 Å². The van der Waals surface area contributed by atoms with Gasteiger partial charge in [0.05, 0.1) is 4.90 Å². The number of halogens is 3. The minimum atomic E-state index is -5.18. The summed E-state index contributed by atoms with van der Waals surface area (Å²) >= 11 is 0. The molecule has 1 aromatic carbocycles. The van der Waals surface area contributed by atoms with E-state index in [0.29, 0.717) is 11.1 Å². The molecule has 0 heterocycles. The maximum atomic E-state index is 12.1. The van der Waals surface area contributed by atoms with Crippen molar-refractivity contribution in [3.8, 4) is 0 Å². The van der Waals surface area contributed by atoms with Crippen molar-refractivity contribution in [1.29, 1.82) is 0 Å². The Bertz CT molecular complexity index is 537. The van der Waals surface area contributed by atoms with Crippen molar-refractivity contribution < 1.29 is 72.7 Å². The average Bonchev–Trinajstić information content (AvgIpc) is 2.11. The van der Waals surface area contributed by atoms with Gasteiger partial charge in [0.1, 0.15) is 0 Å². The molecule has 0 bridgehead atoms. The first kappa shape index (κ1) is 19.6. The number of hydrogen-bond acceptors (Lipinski definition) is 2. The number of hydrogen-bond donors (Lipinski definition) is 1. The van der Waals surface area contributed by atoms with Crippen molar-refractivity contribution in [3.63, 3.8) is 0 Å². The summed E-state index contributed by atoms with van der Waals surface area (Å²) in [4.78, 5) is -0.0758. The fraction of sp³-hybridized carbons (Fsp3) is 0.400. The number of benzene rings is 1. The van der Waals surface area contributed by atoms with Gasteiger partial charge in [0, 0.05) is 0 Å². The largest absolute Gasteiger partial charge is 1.00 e. The summed E-state index contributed by atoms with van der Waals surface area (Å²) < 4.78 is 61.6. The van der Waals surface area contributed by atoms with Crippen LogP contribution < -0.4 is 56.1 Å². The predicted molar refractivity (Wildman–Crippen MR) is 64.9 cm³/mol. The molecule has 19 heavy (non-hydrogen) atoms. The van der Waals surface area contributed by atoms with Crippen LogP contribution in [0.3, 0.4) is 0 Å². The van der Waals surface area contributed by atoms with Crippen LogP contribution in [0.4, 0.5) is 12.9 Å². The van der Waals surface area contributed by atoms with E-state index in [1.165, 1.54) is 0 Å². The quantitative estimate of drug-likeness (QED) is 0.745. The summed E-state index contributed by atoms with van der Waals surface area (Å²) in [6.45, 7) is -0.265. The smallest absolute Gasteiger partial charge is 0.448 e. The zero-order chi connectivity index (χ0) is 14.1. The van der Waals surface area contributed by atoms with E-state index < -0.39 is 23.4 Å². The van der Waals surface area contributed by atoms with Gasteiger partial charge in [-0.05, 0) is 38.3 Å². The number of nitrogens with one attached hydrogen (secondary N) is 1. The Morgan fingerprint density at radius 3 is 1.89 bits per heavy atom. The second-order valence-electron chi connectivity index (χ2n) is 4.29. The van der Waals surface area contributed by atoms with Crippen molar-refractivity contribution in [3.05, 3.63) is 28.8 Å². The van der Waals surface area contributed by atoms with Gasteiger partial charge in [-0.25, -0.2) is 13.1 Å². The molecule has 0 aliphatic heterocycles. The summed E-state index contributed by atoms with van der Waals surface area (Å²) in [5.41, 5.74) is 1.74. The van der Waals surface area contributed by atoms with Gasteiger partial charge in [-0.3, -0.25) is 0 Å². The Kier molecular flexibility index (Phi) is 7.29. The van der Waals surface area contributed by atoms with Crippen molar-refractivity contribution in [2.75, 3.05) is 6.44 Å². The molecule has 0 radical (unpaired) electrons. The normalized spacial score (nSPS) is 12.1. The third kappa shape index (κ3) is 5.86. The van der Waals surface area contributed by atoms with E-state index in [9.17, 15) is 21.4 Å². The van der Waals surface area contributed by atoms with E-state index in [2.05, 4.69) is 0 Å². The molecule has 0 amide bonds. The van der Waals surface area contributed by atoms with E-state index in [4.69, 9.17) is 0 Å². The van der Waals surface area contributed by atoms with Crippen LogP contribution in [0.25, 0.3) is 0 Å². The fourth-order valence-electron chi connectivity index (χ4n) is 1.87. The zero-order valence-electron chi connectivity index (χ0n) is 11.3. The first-order valence-electron chi connectivity index (χ1n) is 5.31. The molecule has 0 aromatic heterocycles. The molecule has 0 unspecified atom stereocenters. The monoisotopic (exact) mass is 319 g/mol. The average molecular weight is 319 g/mol. The Morgan fingerprint density at radius 1 is 1.11 bits per heavy atom. The molecular weight excluding hydrogens is 305 g/mol. The topological polar surface area (TPSA) is 46.2 Å². The van der Waals surface area contributed by atoms with Crippen molar-refractivity contribution >= 4 is 17.0 Å². The predicted octanol–water partition coefficient (Wildman–Crippen LogP) is -0.719. The van der Waals surface area contributed by atoms with Gasteiger partial charge in [0.2, 0.25) is 10.0 Å². The fourth-order valence-corrected chi connectivity index (χ4v) is 3.39. The maximum absolute atomic E-state index is 12.1. The first-order valence-corrected chi connectivity index (χ1v) is 6.80. The molecule has 0 aliphatic carbocycles. The zero-order valence-corrected chi connectivity index (χ0v) is 15.2. The molecule has 3 nitrogen and oxygen atoms in total. The summed E-state index contributed by atoms with van der Waals surface area (Å²) in [5, 5.41) is 0. The second-order valence-corrected chi connectivity index (χ2v) is 5.99. The molecule has 0 fully saturated rings. The number of sulfonamides is 1. The number of rotatable bonds is 4. The van der Waals surface area contributed by atoms with E-state index in [-0.39, 0.29) is 56.3 Å². The van der Waals surface area contributed by atoms with Crippen LogP contribution in [0, 0.1) is 20.8 Å². The Hall–Kier alpha value is 0.621. The molecular formula is C10H14BF3KNO2S. The van der Waals surface area contributed by atoms with Gasteiger partial charge in [0.15, 0.2) is 0 Å². The summed E-state index contributed by atoms with van der Waals surface area (Å²) in [5.74, 6) is 0. The van der Waals surface area contributed by atoms with Crippen molar-refractivity contribution in [2.24, 2.45) is 0 Å². The van der Waals surface area contributed by atoms with E-state index >= 15 is 0 Å². The maximum Gasteiger partial charge on any atom is 1.00 e. The second kappa shape index (κ2) is 7.06. The third-order valence-corrected chi connectivity index (χ3v) is 4.11. The van der Waals surface area contributed by atoms with Gasteiger partial charge in [-0.2, -0.15) is 0 Å². The Balaban J connectivity index is 0.00000324. The SMILES string of the molecule is Cc1cc(C)c(S(=O)(=O)NC[B-](F)(F)F)c(C)c1.[K+]. The summed E-state index contributed by atoms with van der Waals surface area (Å²) in [6.07, 6.45) is -1.50. The van der Waals surface area contributed by atoms with Gasteiger partial charge < -0.3 is 12.9 Å². The van der Waals surface area contributed by atoms with Crippen LogP contribution in [0.1, 0.15) is 16.7 Å².